The van der Waals surface area contributed by atoms with Crippen molar-refractivity contribution in [1.29, 1.82) is 0 Å². The van der Waals surface area contributed by atoms with E-state index >= 15 is 0 Å². The quantitative estimate of drug-likeness (QED) is 0.257. The maximum atomic E-state index is 13.0. The molecule has 1 N–H and O–H groups in total. The van der Waals surface area contributed by atoms with Gasteiger partial charge in [-0.15, -0.1) is 0 Å². The summed E-state index contributed by atoms with van der Waals surface area (Å²) < 4.78 is 5.82. The van der Waals surface area contributed by atoms with Gasteiger partial charge in [0.15, 0.2) is 0 Å². The number of carbonyl (C=O) groups is 3. The van der Waals surface area contributed by atoms with E-state index in [-0.39, 0.29) is 16.9 Å². The highest BCUT2D eigenvalue weighted by atomic mass is 16.6. The third-order valence-corrected chi connectivity index (χ3v) is 5.10. The van der Waals surface area contributed by atoms with Crippen LogP contribution in [0.15, 0.2) is 78.4 Å². The van der Waals surface area contributed by atoms with Gasteiger partial charge in [-0.05, 0) is 42.3 Å². The smallest absolute Gasteiger partial charge is 0.335 e. The van der Waals surface area contributed by atoms with Crippen LogP contribution in [0.4, 0.5) is 16.2 Å². The average molecular weight is 457 g/mol. The molecule has 0 bridgehead atoms. The van der Waals surface area contributed by atoms with Gasteiger partial charge in [0.25, 0.3) is 17.5 Å². The van der Waals surface area contributed by atoms with Crippen molar-refractivity contribution in [3.05, 3.63) is 105 Å². The van der Waals surface area contributed by atoms with Crippen LogP contribution in [-0.2, 0) is 16.2 Å². The lowest BCUT2D eigenvalue weighted by Crippen LogP contribution is -2.54. The third-order valence-electron chi connectivity index (χ3n) is 5.10. The van der Waals surface area contributed by atoms with Gasteiger partial charge >= 0.3 is 6.03 Å². The molecule has 0 unspecified atom stereocenters. The second-order valence-corrected chi connectivity index (χ2v) is 7.58. The normalized spacial score (nSPS) is 14.8. The number of urea groups is 1. The molecule has 0 aliphatic carbocycles. The van der Waals surface area contributed by atoms with Gasteiger partial charge in [-0.3, -0.25) is 25.0 Å². The highest BCUT2D eigenvalue weighted by Crippen LogP contribution is 2.26. The zero-order valence-electron chi connectivity index (χ0n) is 18.1. The molecule has 34 heavy (non-hydrogen) atoms. The first-order valence-corrected chi connectivity index (χ1v) is 10.3. The molecule has 0 saturated carbocycles. The van der Waals surface area contributed by atoms with Crippen molar-refractivity contribution in [2.24, 2.45) is 0 Å². The van der Waals surface area contributed by atoms with Gasteiger partial charge in [-0.2, -0.15) is 0 Å². The van der Waals surface area contributed by atoms with E-state index in [2.05, 4.69) is 5.32 Å². The van der Waals surface area contributed by atoms with Crippen molar-refractivity contribution in [2.45, 2.75) is 13.5 Å². The Balaban J connectivity index is 1.58. The summed E-state index contributed by atoms with van der Waals surface area (Å²) in [5, 5.41) is 13.2. The Morgan fingerprint density at radius 1 is 1.00 bits per heavy atom. The number of barbiturate groups is 1. The van der Waals surface area contributed by atoms with E-state index < -0.39 is 22.8 Å². The number of non-ortho nitro benzene ring substituents is 1. The first kappa shape index (κ1) is 22.4. The standard InChI is InChI=1S/C25H19N3O6/c1-16-8-10-17(11-9-16)15-34-21-7-2-4-18(12-21)13-22-23(29)26-25(31)27(24(22)30)19-5-3-6-20(14-19)28(32)33/h2-14H,15H2,1H3,(H,26,29,31)/b22-13-. The molecule has 1 heterocycles. The lowest BCUT2D eigenvalue weighted by molar-refractivity contribution is -0.384. The van der Waals surface area contributed by atoms with Crippen LogP contribution in [0.1, 0.15) is 16.7 Å². The van der Waals surface area contributed by atoms with Crippen LogP contribution >= 0.6 is 0 Å². The van der Waals surface area contributed by atoms with Crippen molar-refractivity contribution in [2.75, 3.05) is 4.90 Å². The highest BCUT2D eigenvalue weighted by Gasteiger charge is 2.37. The van der Waals surface area contributed by atoms with Crippen molar-refractivity contribution in [3.8, 4) is 5.75 Å². The van der Waals surface area contributed by atoms with Gasteiger partial charge in [0.2, 0.25) is 0 Å². The molecule has 1 aliphatic heterocycles. The van der Waals surface area contributed by atoms with Crippen LogP contribution in [0.3, 0.4) is 0 Å². The third kappa shape index (κ3) is 4.83. The molecule has 3 aromatic carbocycles. The Morgan fingerprint density at radius 2 is 1.74 bits per heavy atom. The molecule has 1 aliphatic rings. The lowest BCUT2D eigenvalue weighted by Gasteiger charge is -2.26. The van der Waals surface area contributed by atoms with Gasteiger partial charge in [-0.25, -0.2) is 9.69 Å². The number of rotatable bonds is 6. The Bertz CT molecular complexity index is 1330. The number of hydrogen-bond acceptors (Lipinski definition) is 6. The van der Waals surface area contributed by atoms with Crippen molar-refractivity contribution < 1.29 is 24.0 Å². The first-order chi connectivity index (χ1) is 16.3. The Kier molecular flexibility index (Phi) is 6.18. The predicted molar refractivity (Wildman–Crippen MR) is 124 cm³/mol. The van der Waals surface area contributed by atoms with Gasteiger partial charge in [-0.1, -0.05) is 48.0 Å². The number of amides is 4. The molecule has 9 heteroatoms. The number of ether oxygens (including phenoxy) is 1. The van der Waals surface area contributed by atoms with Gasteiger partial charge in [0.1, 0.15) is 17.9 Å². The van der Waals surface area contributed by atoms with Crippen LogP contribution in [0.2, 0.25) is 0 Å². The number of aryl methyl sites for hydroxylation is 1. The number of hydrogen-bond donors (Lipinski definition) is 1. The molecular weight excluding hydrogens is 438 g/mol. The number of nitro groups is 1. The summed E-state index contributed by atoms with van der Waals surface area (Å²) in [6.07, 6.45) is 1.34. The van der Waals surface area contributed by atoms with Crippen LogP contribution in [0, 0.1) is 17.0 Å². The minimum Gasteiger partial charge on any atom is -0.489 e. The van der Waals surface area contributed by atoms with Crippen LogP contribution in [0.5, 0.6) is 5.75 Å². The second-order valence-electron chi connectivity index (χ2n) is 7.58. The molecule has 4 amide bonds. The molecule has 0 spiro atoms. The van der Waals surface area contributed by atoms with Gasteiger partial charge in [0.05, 0.1) is 10.6 Å². The van der Waals surface area contributed by atoms with E-state index in [1.54, 1.807) is 24.3 Å². The fourth-order valence-corrected chi connectivity index (χ4v) is 3.35. The van der Waals surface area contributed by atoms with Crippen molar-refractivity contribution in [1.82, 2.24) is 5.32 Å². The van der Waals surface area contributed by atoms with E-state index in [1.807, 2.05) is 31.2 Å². The number of anilines is 1. The largest absolute Gasteiger partial charge is 0.489 e. The molecule has 0 atom stereocenters. The number of carbonyl (C=O) groups excluding carboxylic acids is 3. The lowest BCUT2D eigenvalue weighted by atomic mass is 10.1. The van der Waals surface area contributed by atoms with E-state index in [4.69, 9.17) is 4.74 Å². The summed E-state index contributed by atoms with van der Waals surface area (Å²) in [5.41, 5.74) is 2.03. The molecule has 0 aromatic heterocycles. The van der Waals surface area contributed by atoms with Crippen LogP contribution < -0.4 is 15.0 Å². The fraction of sp³-hybridized carbons (Fsp3) is 0.0800. The van der Waals surface area contributed by atoms with Gasteiger partial charge < -0.3 is 4.74 Å². The summed E-state index contributed by atoms with van der Waals surface area (Å²) in [6, 6.07) is 18.8. The summed E-state index contributed by atoms with van der Waals surface area (Å²) >= 11 is 0. The summed E-state index contributed by atoms with van der Waals surface area (Å²) in [7, 11) is 0. The zero-order valence-corrected chi connectivity index (χ0v) is 18.1. The minimum absolute atomic E-state index is 0.0229. The number of nitro benzene ring substituents is 1. The maximum absolute atomic E-state index is 13.0. The fourth-order valence-electron chi connectivity index (χ4n) is 3.35. The molecule has 0 radical (unpaired) electrons. The van der Waals surface area contributed by atoms with E-state index in [1.165, 1.54) is 24.3 Å². The number of nitrogens with zero attached hydrogens (tertiary/aromatic N) is 2. The van der Waals surface area contributed by atoms with E-state index in [0.29, 0.717) is 22.8 Å². The Labute approximate surface area is 194 Å². The predicted octanol–water partition coefficient (Wildman–Crippen LogP) is 4.15. The zero-order chi connectivity index (χ0) is 24.2. The van der Waals surface area contributed by atoms with Gasteiger partial charge in [0, 0.05) is 12.1 Å². The minimum atomic E-state index is -0.983. The molecule has 9 nitrogen and oxygen atoms in total. The molecule has 1 saturated heterocycles. The second kappa shape index (κ2) is 9.37. The summed E-state index contributed by atoms with van der Waals surface area (Å²) in [4.78, 5) is 48.9. The van der Waals surface area contributed by atoms with E-state index in [9.17, 15) is 24.5 Å². The Hall–Kier alpha value is -4.79. The maximum Gasteiger partial charge on any atom is 0.335 e. The topological polar surface area (TPSA) is 119 Å². The number of benzene rings is 3. The van der Waals surface area contributed by atoms with Crippen molar-refractivity contribution >= 4 is 35.3 Å². The molecule has 4 rings (SSSR count). The van der Waals surface area contributed by atoms with E-state index in [0.717, 1.165) is 17.2 Å². The molecule has 170 valence electrons. The molecule has 3 aromatic rings. The highest BCUT2D eigenvalue weighted by molar-refractivity contribution is 6.39. The van der Waals surface area contributed by atoms with Crippen LogP contribution in [-0.4, -0.2) is 22.8 Å². The molecular formula is C25H19N3O6. The number of imide groups is 2. The SMILES string of the molecule is Cc1ccc(COc2cccc(/C=C3/C(=O)NC(=O)N(c4cccc([N+](=O)[O-])c4)C3=O)c2)cc1. The van der Waals surface area contributed by atoms with Crippen molar-refractivity contribution in [3.63, 3.8) is 0 Å². The summed E-state index contributed by atoms with van der Waals surface area (Å²) in [5.74, 6) is -1.21. The first-order valence-electron chi connectivity index (χ1n) is 10.3. The monoisotopic (exact) mass is 457 g/mol. The average Bonchev–Trinajstić information content (AvgIpc) is 2.82. The number of nitrogens with one attached hydrogen (secondary N) is 1. The molecule has 1 fully saturated rings. The van der Waals surface area contributed by atoms with Crippen LogP contribution in [0.25, 0.3) is 6.08 Å². The summed E-state index contributed by atoms with van der Waals surface area (Å²) in [6.45, 7) is 2.34. The Morgan fingerprint density at radius 3 is 2.47 bits per heavy atom.